The van der Waals surface area contributed by atoms with E-state index >= 15 is 0 Å². The zero-order valence-electron chi connectivity index (χ0n) is 11.2. The first-order chi connectivity index (χ1) is 10.4. The molecule has 22 heavy (non-hydrogen) atoms. The van der Waals surface area contributed by atoms with Crippen LogP contribution in [0, 0.1) is 5.82 Å². The maximum atomic E-state index is 12.8. The van der Waals surface area contributed by atoms with Crippen LogP contribution in [0.15, 0.2) is 53.4 Å². The maximum absolute atomic E-state index is 12.8. The lowest BCUT2D eigenvalue weighted by atomic mass is 10.3. The second-order valence-corrected chi connectivity index (χ2v) is 6.54. The van der Waals surface area contributed by atoms with Crippen molar-refractivity contribution in [2.24, 2.45) is 0 Å². The van der Waals surface area contributed by atoms with Crippen molar-refractivity contribution in [1.29, 1.82) is 0 Å². The quantitative estimate of drug-likeness (QED) is 0.876. The van der Waals surface area contributed by atoms with Crippen molar-refractivity contribution in [2.45, 2.75) is 4.90 Å². The number of benzene rings is 2. The summed E-state index contributed by atoms with van der Waals surface area (Å²) >= 11 is 5.78. The molecule has 0 aliphatic heterocycles. The van der Waals surface area contributed by atoms with E-state index in [2.05, 4.69) is 10.0 Å². The van der Waals surface area contributed by atoms with Crippen molar-refractivity contribution in [3.63, 3.8) is 0 Å². The predicted molar refractivity (Wildman–Crippen MR) is 81.7 cm³/mol. The number of carbonyl (C=O) groups excluding carboxylic acids is 1. The van der Waals surface area contributed by atoms with Crippen LogP contribution < -0.4 is 10.0 Å². The number of nitrogens with one attached hydrogen (secondary N) is 2. The van der Waals surface area contributed by atoms with E-state index in [9.17, 15) is 17.6 Å². The van der Waals surface area contributed by atoms with Crippen molar-refractivity contribution in [3.05, 3.63) is 59.4 Å². The molecule has 116 valence electrons. The Balaban J connectivity index is 1.97. The summed E-state index contributed by atoms with van der Waals surface area (Å²) in [7, 11) is -3.88. The van der Waals surface area contributed by atoms with Gasteiger partial charge in [-0.25, -0.2) is 17.5 Å². The second kappa shape index (κ2) is 6.87. The van der Waals surface area contributed by atoms with E-state index in [4.69, 9.17) is 11.6 Å². The topological polar surface area (TPSA) is 75.3 Å². The molecule has 0 spiro atoms. The summed E-state index contributed by atoms with van der Waals surface area (Å²) in [6, 6.07) is 10.8. The summed E-state index contributed by atoms with van der Waals surface area (Å²) in [5.41, 5.74) is 0.457. The zero-order chi connectivity index (χ0) is 16.2. The maximum Gasteiger partial charge on any atom is 0.241 e. The molecular formula is C14H12ClFN2O3S. The van der Waals surface area contributed by atoms with Crippen LogP contribution in [-0.4, -0.2) is 20.9 Å². The fraction of sp³-hybridized carbons (Fsp3) is 0.0714. The van der Waals surface area contributed by atoms with Crippen molar-refractivity contribution in [3.8, 4) is 0 Å². The highest BCUT2D eigenvalue weighted by atomic mass is 35.5. The molecule has 0 aromatic heterocycles. The van der Waals surface area contributed by atoms with Gasteiger partial charge in [-0.05, 0) is 42.5 Å². The molecule has 0 radical (unpaired) electrons. The van der Waals surface area contributed by atoms with Gasteiger partial charge >= 0.3 is 0 Å². The van der Waals surface area contributed by atoms with Crippen LogP contribution in [0.5, 0.6) is 0 Å². The van der Waals surface area contributed by atoms with E-state index in [0.29, 0.717) is 10.7 Å². The van der Waals surface area contributed by atoms with E-state index in [1.165, 1.54) is 6.07 Å². The molecule has 2 aromatic rings. The summed E-state index contributed by atoms with van der Waals surface area (Å²) in [4.78, 5) is 11.6. The lowest BCUT2D eigenvalue weighted by molar-refractivity contribution is -0.115. The highest BCUT2D eigenvalue weighted by Gasteiger charge is 2.15. The van der Waals surface area contributed by atoms with Crippen LogP contribution in [0.2, 0.25) is 5.02 Å². The van der Waals surface area contributed by atoms with Gasteiger partial charge in [-0.15, -0.1) is 0 Å². The largest absolute Gasteiger partial charge is 0.325 e. The second-order valence-electron chi connectivity index (χ2n) is 4.34. The van der Waals surface area contributed by atoms with E-state index in [-0.39, 0.29) is 4.90 Å². The predicted octanol–water partition coefficient (Wildman–Crippen LogP) is 2.40. The van der Waals surface area contributed by atoms with Crippen LogP contribution in [-0.2, 0) is 14.8 Å². The van der Waals surface area contributed by atoms with Crippen LogP contribution in [0.1, 0.15) is 0 Å². The Bertz CT molecular complexity index is 779. The molecular weight excluding hydrogens is 331 g/mol. The van der Waals surface area contributed by atoms with Crippen molar-refractivity contribution < 1.29 is 17.6 Å². The number of halogens is 2. The molecule has 0 saturated heterocycles. The number of amides is 1. The Kier molecular flexibility index (Phi) is 5.12. The van der Waals surface area contributed by atoms with Crippen LogP contribution >= 0.6 is 11.6 Å². The molecule has 1 amide bonds. The fourth-order valence-electron chi connectivity index (χ4n) is 1.63. The lowest BCUT2D eigenvalue weighted by Crippen LogP contribution is -2.32. The standard InChI is InChI=1S/C14H12ClFN2O3S/c15-10-2-1-3-12(8-10)18-14(19)9-17-22(20,21)13-6-4-11(16)5-7-13/h1-8,17H,9H2,(H,18,19). The van der Waals surface area contributed by atoms with Crippen LogP contribution in [0.25, 0.3) is 0 Å². The van der Waals surface area contributed by atoms with E-state index in [0.717, 1.165) is 24.3 Å². The molecule has 0 saturated carbocycles. The molecule has 2 aromatic carbocycles. The summed E-state index contributed by atoms with van der Waals surface area (Å²) in [5.74, 6) is -1.09. The van der Waals surface area contributed by atoms with Gasteiger partial charge < -0.3 is 5.32 Å². The molecule has 2 N–H and O–H groups in total. The third-order valence-electron chi connectivity index (χ3n) is 2.66. The first kappa shape index (κ1) is 16.4. The molecule has 0 bridgehead atoms. The molecule has 0 heterocycles. The van der Waals surface area contributed by atoms with Crippen molar-refractivity contribution in [1.82, 2.24) is 4.72 Å². The number of hydrogen-bond acceptors (Lipinski definition) is 3. The Morgan fingerprint density at radius 2 is 1.82 bits per heavy atom. The van der Waals surface area contributed by atoms with Gasteiger partial charge in [-0.1, -0.05) is 17.7 Å². The van der Waals surface area contributed by atoms with Crippen LogP contribution in [0.4, 0.5) is 10.1 Å². The Morgan fingerprint density at radius 1 is 1.14 bits per heavy atom. The number of anilines is 1. The van der Waals surface area contributed by atoms with Crippen LogP contribution in [0.3, 0.4) is 0 Å². The van der Waals surface area contributed by atoms with E-state index < -0.39 is 28.3 Å². The van der Waals surface area contributed by atoms with Crippen molar-refractivity contribution in [2.75, 3.05) is 11.9 Å². The minimum atomic E-state index is -3.88. The third-order valence-corrected chi connectivity index (χ3v) is 4.31. The highest BCUT2D eigenvalue weighted by Crippen LogP contribution is 2.14. The van der Waals surface area contributed by atoms with E-state index in [1.807, 2.05) is 0 Å². The average Bonchev–Trinajstić information content (AvgIpc) is 2.46. The summed E-state index contributed by atoms with van der Waals surface area (Å²) < 4.78 is 38.7. The molecule has 0 fully saturated rings. The number of sulfonamides is 1. The van der Waals surface area contributed by atoms with Crippen molar-refractivity contribution >= 4 is 33.2 Å². The molecule has 0 aliphatic carbocycles. The Labute approximate surface area is 132 Å². The van der Waals surface area contributed by atoms with E-state index in [1.54, 1.807) is 18.2 Å². The summed E-state index contributed by atoms with van der Waals surface area (Å²) in [5, 5.41) is 2.95. The number of hydrogen-bond donors (Lipinski definition) is 2. The minimum Gasteiger partial charge on any atom is -0.325 e. The van der Waals surface area contributed by atoms with Gasteiger partial charge in [0.15, 0.2) is 0 Å². The van der Waals surface area contributed by atoms with Gasteiger partial charge in [0, 0.05) is 10.7 Å². The monoisotopic (exact) mass is 342 g/mol. The SMILES string of the molecule is O=C(CNS(=O)(=O)c1ccc(F)cc1)Nc1cccc(Cl)c1. The molecule has 2 rings (SSSR count). The minimum absolute atomic E-state index is 0.121. The molecule has 0 aliphatic rings. The summed E-state index contributed by atoms with van der Waals surface area (Å²) in [6.45, 7) is -0.452. The Hall–Kier alpha value is -1.96. The zero-order valence-corrected chi connectivity index (χ0v) is 12.8. The molecule has 0 unspecified atom stereocenters. The average molecular weight is 343 g/mol. The molecule has 8 heteroatoms. The first-order valence-electron chi connectivity index (χ1n) is 6.17. The van der Waals surface area contributed by atoms with Gasteiger partial charge in [-0.3, -0.25) is 4.79 Å². The first-order valence-corrected chi connectivity index (χ1v) is 8.03. The molecule has 5 nitrogen and oxygen atoms in total. The van der Waals surface area contributed by atoms with Gasteiger partial charge in [0.1, 0.15) is 5.82 Å². The van der Waals surface area contributed by atoms with Gasteiger partial charge in [-0.2, -0.15) is 0 Å². The number of carbonyl (C=O) groups is 1. The highest BCUT2D eigenvalue weighted by molar-refractivity contribution is 7.89. The van der Waals surface area contributed by atoms with Gasteiger partial charge in [0.25, 0.3) is 0 Å². The summed E-state index contributed by atoms with van der Waals surface area (Å²) in [6.07, 6.45) is 0. The Morgan fingerprint density at radius 3 is 2.45 bits per heavy atom. The number of rotatable bonds is 5. The van der Waals surface area contributed by atoms with Gasteiger partial charge in [0.2, 0.25) is 15.9 Å². The molecule has 0 atom stereocenters. The van der Waals surface area contributed by atoms with Gasteiger partial charge in [0.05, 0.1) is 11.4 Å². The lowest BCUT2D eigenvalue weighted by Gasteiger charge is -2.08. The third kappa shape index (κ3) is 4.52. The normalized spacial score (nSPS) is 11.2. The smallest absolute Gasteiger partial charge is 0.241 e. The fourth-order valence-corrected chi connectivity index (χ4v) is 2.80.